The van der Waals surface area contributed by atoms with Gasteiger partial charge in [0.05, 0.1) is 12.2 Å². The Morgan fingerprint density at radius 2 is 1.96 bits per heavy atom. The van der Waals surface area contributed by atoms with E-state index >= 15 is 0 Å². The van der Waals surface area contributed by atoms with Gasteiger partial charge in [-0.15, -0.1) is 0 Å². The van der Waals surface area contributed by atoms with Crippen molar-refractivity contribution < 1.29 is 19.1 Å². The first-order chi connectivity index (χ1) is 13.3. The summed E-state index contributed by atoms with van der Waals surface area (Å²) in [6, 6.07) is 7.33. The highest BCUT2D eigenvalue weighted by Crippen LogP contribution is 2.25. The SMILES string of the molecule is CC1=CC(=O)C(C(=O)/C=C/c2c(C)nn(Cc3ccccc3Cl)c2Cl)C(=O)O1. The number of ether oxygens (including phenoxy) is 1. The number of hydrogen-bond acceptors (Lipinski definition) is 5. The first-order valence-electron chi connectivity index (χ1n) is 8.40. The first-order valence-corrected chi connectivity index (χ1v) is 9.15. The Balaban J connectivity index is 1.82. The molecule has 1 atom stereocenters. The number of carbonyl (C=O) groups excluding carboxylic acids is 3. The third kappa shape index (κ3) is 4.08. The second kappa shape index (κ2) is 8.12. The standard InChI is InChI=1S/C20H16Cl2N2O4/c1-11-9-17(26)18(20(27)28-11)16(25)8-7-14-12(2)23-24(19(14)22)10-13-5-3-4-6-15(13)21/h3-9,18H,10H2,1-2H3/b8-7+. The fraction of sp³-hybridized carbons (Fsp3) is 0.200. The van der Waals surface area contributed by atoms with Crippen LogP contribution < -0.4 is 0 Å². The number of nitrogens with zero attached hydrogens (tertiary/aromatic N) is 2. The Kier molecular flexibility index (Phi) is 5.82. The number of carbonyl (C=O) groups is 3. The maximum atomic E-state index is 12.3. The molecule has 1 aromatic carbocycles. The molecule has 1 aromatic heterocycles. The normalized spacial score (nSPS) is 17.0. The molecule has 0 saturated carbocycles. The molecule has 3 rings (SSSR count). The van der Waals surface area contributed by atoms with E-state index in [0.29, 0.717) is 28.0 Å². The van der Waals surface area contributed by atoms with Crippen molar-refractivity contribution in [3.05, 3.63) is 69.2 Å². The predicted octanol–water partition coefficient (Wildman–Crippen LogP) is 3.77. The lowest BCUT2D eigenvalue weighted by atomic mass is 9.96. The van der Waals surface area contributed by atoms with E-state index in [0.717, 1.165) is 17.7 Å². The fourth-order valence-electron chi connectivity index (χ4n) is 2.81. The van der Waals surface area contributed by atoms with E-state index < -0.39 is 23.5 Å². The molecule has 2 heterocycles. The van der Waals surface area contributed by atoms with Crippen molar-refractivity contribution in [3.8, 4) is 0 Å². The zero-order chi connectivity index (χ0) is 20.4. The van der Waals surface area contributed by atoms with Crippen LogP contribution >= 0.6 is 23.2 Å². The van der Waals surface area contributed by atoms with Crippen LogP contribution in [0.5, 0.6) is 0 Å². The summed E-state index contributed by atoms with van der Waals surface area (Å²) < 4.78 is 6.43. The van der Waals surface area contributed by atoms with Crippen LogP contribution in [0.15, 0.2) is 42.2 Å². The summed E-state index contributed by atoms with van der Waals surface area (Å²) in [5.41, 5.74) is 1.96. The maximum absolute atomic E-state index is 12.3. The van der Waals surface area contributed by atoms with Crippen LogP contribution in [-0.2, 0) is 25.7 Å². The van der Waals surface area contributed by atoms with Crippen LogP contribution in [0.25, 0.3) is 6.08 Å². The van der Waals surface area contributed by atoms with E-state index in [1.807, 2.05) is 18.2 Å². The average molecular weight is 419 g/mol. The van der Waals surface area contributed by atoms with E-state index in [4.69, 9.17) is 27.9 Å². The van der Waals surface area contributed by atoms with Crippen molar-refractivity contribution in [1.82, 2.24) is 9.78 Å². The largest absolute Gasteiger partial charge is 0.430 e. The molecule has 144 valence electrons. The number of cyclic esters (lactones) is 1. The molecule has 0 fully saturated rings. The van der Waals surface area contributed by atoms with Crippen LogP contribution in [0.3, 0.4) is 0 Å². The molecule has 0 radical (unpaired) electrons. The van der Waals surface area contributed by atoms with Crippen molar-refractivity contribution in [2.24, 2.45) is 5.92 Å². The minimum absolute atomic E-state index is 0.169. The molecule has 0 aliphatic carbocycles. The molecule has 6 nitrogen and oxygen atoms in total. The van der Waals surface area contributed by atoms with E-state index in [2.05, 4.69) is 5.10 Å². The Morgan fingerprint density at radius 1 is 1.25 bits per heavy atom. The highest BCUT2D eigenvalue weighted by atomic mass is 35.5. The molecule has 8 heteroatoms. The molecule has 0 N–H and O–H groups in total. The molecule has 0 saturated heterocycles. The number of allylic oxidation sites excluding steroid dienone is 3. The lowest BCUT2D eigenvalue weighted by molar-refractivity contribution is -0.151. The highest BCUT2D eigenvalue weighted by molar-refractivity contribution is 6.32. The van der Waals surface area contributed by atoms with Gasteiger partial charge in [0, 0.05) is 16.7 Å². The number of halogens is 2. The molecule has 0 spiro atoms. The van der Waals surface area contributed by atoms with Crippen molar-refractivity contribution in [1.29, 1.82) is 0 Å². The van der Waals surface area contributed by atoms with Gasteiger partial charge in [-0.25, -0.2) is 4.68 Å². The number of aromatic nitrogens is 2. The van der Waals surface area contributed by atoms with Gasteiger partial charge in [-0.05, 0) is 37.6 Å². The molecule has 1 aliphatic rings. The predicted molar refractivity (Wildman–Crippen MR) is 105 cm³/mol. The summed E-state index contributed by atoms with van der Waals surface area (Å²) in [5, 5.41) is 5.28. The van der Waals surface area contributed by atoms with Gasteiger partial charge in [0.25, 0.3) is 0 Å². The van der Waals surface area contributed by atoms with Crippen LogP contribution in [0.1, 0.15) is 23.7 Å². The van der Waals surface area contributed by atoms with Crippen molar-refractivity contribution >= 4 is 46.8 Å². The van der Waals surface area contributed by atoms with E-state index in [9.17, 15) is 14.4 Å². The third-order valence-electron chi connectivity index (χ3n) is 4.21. The molecule has 1 aliphatic heterocycles. The number of ketones is 2. The minimum Gasteiger partial charge on any atom is -0.430 e. The zero-order valence-corrected chi connectivity index (χ0v) is 16.6. The Hall–Kier alpha value is -2.70. The molecule has 1 unspecified atom stereocenters. The summed E-state index contributed by atoms with van der Waals surface area (Å²) in [6.07, 6.45) is 3.73. The van der Waals surface area contributed by atoms with Gasteiger partial charge in [-0.2, -0.15) is 5.10 Å². The lowest BCUT2D eigenvalue weighted by Gasteiger charge is -2.15. The Morgan fingerprint density at radius 3 is 2.64 bits per heavy atom. The number of aryl methyl sites for hydroxylation is 1. The number of benzene rings is 1. The smallest absolute Gasteiger partial charge is 0.329 e. The third-order valence-corrected chi connectivity index (χ3v) is 4.98. The quantitative estimate of drug-likeness (QED) is 0.419. The van der Waals surface area contributed by atoms with E-state index in [1.165, 1.54) is 13.0 Å². The van der Waals surface area contributed by atoms with Gasteiger partial charge in [0.1, 0.15) is 10.9 Å². The Bertz CT molecular complexity index is 1040. The number of hydrogen-bond donors (Lipinski definition) is 0. The van der Waals surface area contributed by atoms with Crippen LogP contribution in [0, 0.1) is 12.8 Å². The fourth-order valence-corrected chi connectivity index (χ4v) is 3.31. The lowest BCUT2D eigenvalue weighted by Crippen LogP contribution is -2.34. The summed E-state index contributed by atoms with van der Waals surface area (Å²) >= 11 is 12.6. The summed E-state index contributed by atoms with van der Waals surface area (Å²) in [6.45, 7) is 3.58. The summed E-state index contributed by atoms with van der Waals surface area (Å²) in [4.78, 5) is 36.1. The van der Waals surface area contributed by atoms with Gasteiger partial charge in [-0.1, -0.05) is 41.4 Å². The topological polar surface area (TPSA) is 78.3 Å². The van der Waals surface area contributed by atoms with Gasteiger partial charge in [-0.3, -0.25) is 14.4 Å². The van der Waals surface area contributed by atoms with E-state index in [-0.39, 0.29) is 5.76 Å². The van der Waals surface area contributed by atoms with Crippen LogP contribution in [0.2, 0.25) is 10.2 Å². The Labute approximate surface area is 171 Å². The van der Waals surface area contributed by atoms with Crippen molar-refractivity contribution in [2.45, 2.75) is 20.4 Å². The molecule has 0 bridgehead atoms. The minimum atomic E-state index is -1.49. The van der Waals surface area contributed by atoms with Gasteiger partial charge in [0.2, 0.25) is 0 Å². The molecule has 28 heavy (non-hydrogen) atoms. The first kappa shape index (κ1) is 20.0. The van der Waals surface area contributed by atoms with Crippen LogP contribution in [-0.4, -0.2) is 27.3 Å². The maximum Gasteiger partial charge on any atom is 0.329 e. The molecule has 0 amide bonds. The van der Waals surface area contributed by atoms with Crippen LogP contribution in [0.4, 0.5) is 0 Å². The molecule has 2 aromatic rings. The summed E-state index contributed by atoms with van der Waals surface area (Å²) in [7, 11) is 0. The van der Waals surface area contributed by atoms with E-state index in [1.54, 1.807) is 17.7 Å². The average Bonchev–Trinajstić information content (AvgIpc) is 2.87. The second-order valence-corrected chi connectivity index (χ2v) is 7.05. The van der Waals surface area contributed by atoms with Crippen molar-refractivity contribution in [2.75, 3.05) is 0 Å². The highest BCUT2D eigenvalue weighted by Gasteiger charge is 2.36. The van der Waals surface area contributed by atoms with Gasteiger partial charge in [0.15, 0.2) is 17.5 Å². The second-order valence-electron chi connectivity index (χ2n) is 6.29. The van der Waals surface area contributed by atoms with Gasteiger partial charge >= 0.3 is 5.97 Å². The molecular weight excluding hydrogens is 403 g/mol. The number of rotatable bonds is 5. The van der Waals surface area contributed by atoms with Crippen molar-refractivity contribution in [3.63, 3.8) is 0 Å². The molecular formula is C20H16Cl2N2O4. The zero-order valence-electron chi connectivity index (χ0n) is 15.1. The monoisotopic (exact) mass is 418 g/mol. The number of esters is 1. The van der Waals surface area contributed by atoms with Gasteiger partial charge < -0.3 is 4.74 Å². The summed E-state index contributed by atoms with van der Waals surface area (Å²) in [5.74, 6) is -3.47.